The zero-order valence-electron chi connectivity index (χ0n) is 7.33. The maximum absolute atomic E-state index is 10.2. The molecule has 1 aliphatic heterocycles. The van der Waals surface area contributed by atoms with Crippen LogP contribution in [0.1, 0.15) is 13.8 Å². The van der Waals surface area contributed by atoms with Crippen molar-refractivity contribution in [3.05, 3.63) is 0 Å². The van der Waals surface area contributed by atoms with Crippen molar-refractivity contribution in [3.8, 4) is 0 Å². The van der Waals surface area contributed by atoms with Crippen LogP contribution in [0.25, 0.3) is 0 Å². The summed E-state index contributed by atoms with van der Waals surface area (Å²) in [6, 6.07) is -0.289. The number of hydrogen-bond donors (Lipinski definition) is 0. The summed E-state index contributed by atoms with van der Waals surface area (Å²) < 4.78 is 0. The Kier molecular flexibility index (Phi) is 4.63. The number of hydrogen-bond acceptors (Lipinski definition) is 3. The van der Waals surface area contributed by atoms with Crippen LogP contribution in [-0.2, 0) is 4.79 Å². The molecule has 0 radical (unpaired) electrons. The van der Waals surface area contributed by atoms with Gasteiger partial charge in [0.05, 0.1) is 12.0 Å². The minimum Gasteiger partial charge on any atom is -0.548 e. The number of rotatable bonds is 3. The fourth-order valence-electron chi connectivity index (χ4n) is 1.07. The molecule has 1 heterocycles. The van der Waals surface area contributed by atoms with Gasteiger partial charge >= 0.3 is 29.6 Å². The van der Waals surface area contributed by atoms with Crippen molar-refractivity contribution in [1.29, 1.82) is 0 Å². The Balaban J connectivity index is 0.000001000. The Labute approximate surface area is 89.1 Å². The van der Waals surface area contributed by atoms with E-state index >= 15 is 0 Å². The number of nitrogens with zero attached hydrogens (tertiary/aromatic N) is 1. The average Bonchev–Trinajstić information content (AvgIpc) is 2.43. The fourth-order valence-corrected chi connectivity index (χ4v) is 1.07. The summed E-state index contributed by atoms with van der Waals surface area (Å²) in [5.41, 5.74) is 0. The maximum Gasteiger partial charge on any atom is 1.00 e. The van der Waals surface area contributed by atoms with Gasteiger partial charge in [0.2, 0.25) is 0 Å². The molecule has 0 spiro atoms. The Hall–Kier alpha value is 0.430. The molecule has 0 N–H and O–H groups in total. The number of aliphatic carboxylic acids is 1. The molecule has 0 aromatic heterocycles. The number of carboxylic acid groups (broad SMARTS) is 1. The molecule has 2 atom stereocenters. The van der Waals surface area contributed by atoms with E-state index in [1.54, 1.807) is 0 Å². The van der Waals surface area contributed by atoms with Gasteiger partial charge in [0.1, 0.15) is 0 Å². The third kappa shape index (κ3) is 3.56. The second-order valence-corrected chi connectivity index (χ2v) is 3.18. The van der Waals surface area contributed by atoms with Crippen LogP contribution in [0.4, 0.5) is 0 Å². The van der Waals surface area contributed by atoms with E-state index in [1.165, 1.54) is 0 Å². The van der Waals surface area contributed by atoms with Crippen molar-refractivity contribution in [3.63, 3.8) is 0 Å². The van der Waals surface area contributed by atoms with Crippen LogP contribution in [0.5, 0.6) is 0 Å². The van der Waals surface area contributed by atoms with E-state index < -0.39 is 5.97 Å². The summed E-state index contributed by atoms with van der Waals surface area (Å²) in [5.74, 6) is -0.384. The molecular weight excluding hydrogens is 153 g/mol. The zero-order chi connectivity index (χ0) is 7.72. The van der Waals surface area contributed by atoms with E-state index in [9.17, 15) is 9.90 Å². The number of carbonyl (C=O) groups excluding carboxylic acids is 1. The molecule has 2 unspecified atom stereocenters. The van der Waals surface area contributed by atoms with Crippen molar-refractivity contribution in [2.45, 2.75) is 19.9 Å². The van der Waals surface area contributed by atoms with Gasteiger partial charge in [-0.05, 0) is 5.92 Å². The SMILES string of the molecule is CC(C)CN1CC1C(=O)[O-].[Na+]. The van der Waals surface area contributed by atoms with Crippen molar-refractivity contribution in [2.75, 3.05) is 13.1 Å². The van der Waals surface area contributed by atoms with Gasteiger partial charge in [0.15, 0.2) is 0 Å². The van der Waals surface area contributed by atoms with Gasteiger partial charge in [-0.2, -0.15) is 0 Å². The van der Waals surface area contributed by atoms with Crippen LogP contribution in [-0.4, -0.2) is 30.0 Å². The van der Waals surface area contributed by atoms with Crippen molar-refractivity contribution < 1.29 is 39.5 Å². The van der Waals surface area contributed by atoms with E-state index in [4.69, 9.17) is 0 Å². The Morgan fingerprint density at radius 2 is 2.27 bits per heavy atom. The molecule has 11 heavy (non-hydrogen) atoms. The van der Waals surface area contributed by atoms with Crippen molar-refractivity contribution in [1.82, 2.24) is 4.90 Å². The van der Waals surface area contributed by atoms with Crippen molar-refractivity contribution >= 4 is 5.97 Å². The number of carbonyl (C=O) groups is 1. The molecule has 0 bridgehead atoms. The monoisotopic (exact) mass is 165 g/mol. The molecule has 3 nitrogen and oxygen atoms in total. The van der Waals surface area contributed by atoms with E-state index in [1.807, 2.05) is 4.90 Å². The quantitative estimate of drug-likeness (QED) is 0.317. The molecule has 1 aliphatic rings. The second-order valence-electron chi connectivity index (χ2n) is 3.18. The van der Waals surface area contributed by atoms with Crippen LogP contribution in [0, 0.1) is 5.92 Å². The molecule has 1 saturated heterocycles. The smallest absolute Gasteiger partial charge is 0.548 e. The average molecular weight is 165 g/mol. The summed E-state index contributed by atoms with van der Waals surface area (Å²) in [5, 5.41) is 10.2. The molecule has 58 valence electrons. The van der Waals surface area contributed by atoms with Gasteiger partial charge in [0.25, 0.3) is 0 Å². The first-order chi connectivity index (χ1) is 4.61. The zero-order valence-corrected chi connectivity index (χ0v) is 9.33. The van der Waals surface area contributed by atoms with E-state index in [-0.39, 0.29) is 35.6 Å². The van der Waals surface area contributed by atoms with E-state index in [0.717, 1.165) is 6.54 Å². The van der Waals surface area contributed by atoms with Crippen molar-refractivity contribution in [2.24, 2.45) is 5.92 Å². The summed E-state index contributed by atoms with van der Waals surface area (Å²) in [7, 11) is 0. The second kappa shape index (κ2) is 4.45. The maximum atomic E-state index is 10.2. The molecule has 1 fully saturated rings. The van der Waals surface area contributed by atoms with E-state index in [0.29, 0.717) is 12.5 Å². The molecule has 0 aromatic carbocycles. The van der Waals surface area contributed by atoms with Crippen LogP contribution in [0.15, 0.2) is 0 Å². The van der Waals surface area contributed by atoms with E-state index in [2.05, 4.69) is 13.8 Å². The summed E-state index contributed by atoms with van der Waals surface area (Å²) in [6.45, 7) is 5.70. The fraction of sp³-hybridized carbons (Fsp3) is 0.857. The molecule has 0 saturated carbocycles. The molecule has 1 rings (SSSR count). The standard InChI is InChI=1S/C7H13NO2.Na/c1-5(2)3-8-4-6(8)7(9)10;/h5-6H,3-4H2,1-2H3,(H,9,10);/q;+1/p-1. The number of carboxylic acids is 1. The van der Waals surface area contributed by atoms with Gasteiger partial charge < -0.3 is 9.90 Å². The normalized spacial score (nSPS) is 27.9. The Morgan fingerprint density at radius 3 is 2.55 bits per heavy atom. The summed E-state index contributed by atoms with van der Waals surface area (Å²) in [6.07, 6.45) is 0. The van der Waals surface area contributed by atoms with Crippen LogP contribution in [0.2, 0.25) is 0 Å². The summed E-state index contributed by atoms with van der Waals surface area (Å²) >= 11 is 0. The van der Waals surface area contributed by atoms with Gasteiger partial charge in [-0.15, -0.1) is 0 Å². The predicted molar refractivity (Wildman–Crippen MR) is 35.2 cm³/mol. The minimum atomic E-state index is -0.930. The third-order valence-corrected chi connectivity index (χ3v) is 1.59. The first kappa shape index (κ1) is 11.4. The first-order valence-corrected chi connectivity index (χ1v) is 3.56. The largest absolute Gasteiger partial charge is 1.00 e. The molecule has 0 amide bonds. The van der Waals surface area contributed by atoms with Crippen LogP contribution >= 0.6 is 0 Å². The topological polar surface area (TPSA) is 43.1 Å². The molecule has 0 aromatic rings. The molecule has 0 aliphatic carbocycles. The van der Waals surface area contributed by atoms with Gasteiger partial charge in [-0.1, -0.05) is 13.8 Å². The van der Waals surface area contributed by atoms with Gasteiger partial charge in [0, 0.05) is 13.1 Å². The minimum absolute atomic E-state index is 0. The molecule has 4 heteroatoms. The van der Waals surface area contributed by atoms with Gasteiger partial charge in [-0.25, -0.2) is 0 Å². The predicted octanol–water partition coefficient (Wildman–Crippen LogP) is -3.92. The summed E-state index contributed by atoms with van der Waals surface area (Å²) in [4.78, 5) is 12.1. The Bertz CT molecular complexity index is 149. The first-order valence-electron chi connectivity index (χ1n) is 3.56. The van der Waals surface area contributed by atoms with Gasteiger partial charge in [-0.3, -0.25) is 4.90 Å². The molecular formula is C7H12NNaO2. The Morgan fingerprint density at radius 1 is 1.73 bits per heavy atom. The van der Waals surface area contributed by atoms with Crippen LogP contribution in [0.3, 0.4) is 0 Å². The van der Waals surface area contributed by atoms with Crippen LogP contribution < -0.4 is 34.7 Å². The third-order valence-electron chi connectivity index (χ3n) is 1.59.